The van der Waals surface area contributed by atoms with Crippen LogP contribution in [0.3, 0.4) is 0 Å². The summed E-state index contributed by atoms with van der Waals surface area (Å²) in [5, 5.41) is 3.49. The fraction of sp³-hybridized carbons (Fsp3) is 0.333. The Kier molecular flexibility index (Phi) is 3.99. The Bertz CT molecular complexity index is 448. The van der Waals surface area contributed by atoms with Gasteiger partial charge in [-0.2, -0.15) is 0 Å². The Balaban J connectivity index is 2.17. The Labute approximate surface area is 103 Å². The molecule has 1 unspecified atom stereocenters. The second kappa shape index (κ2) is 5.69. The SMILES string of the molecule is CCCNC(C)c1cccc(-c2ccco2)c1. The summed E-state index contributed by atoms with van der Waals surface area (Å²) >= 11 is 0. The predicted octanol–water partition coefficient (Wildman–Crippen LogP) is 4.01. The average molecular weight is 229 g/mol. The summed E-state index contributed by atoms with van der Waals surface area (Å²) in [6.45, 7) is 5.42. The summed E-state index contributed by atoms with van der Waals surface area (Å²) in [5.74, 6) is 0.926. The summed E-state index contributed by atoms with van der Waals surface area (Å²) in [7, 11) is 0. The van der Waals surface area contributed by atoms with E-state index in [1.54, 1.807) is 6.26 Å². The molecule has 1 N–H and O–H groups in total. The molecule has 1 aromatic carbocycles. The van der Waals surface area contributed by atoms with Crippen LogP contribution in [0.25, 0.3) is 11.3 Å². The first-order chi connectivity index (χ1) is 8.31. The van der Waals surface area contributed by atoms with Gasteiger partial charge in [-0.05, 0) is 43.7 Å². The Morgan fingerprint density at radius 2 is 2.12 bits per heavy atom. The van der Waals surface area contributed by atoms with Crippen molar-refractivity contribution in [3.8, 4) is 11.3 Å². The molecule has 0 aliphatic rings. The minimum atomic E-state index is 0.380. The van der Waals surface area contributed by atoms with Gasteiger partial charge in [-0.1, -0.05) is 25.1 Å². The highest BCUT2D eigenvalue weighted by Gasteiger charge is 2.06. The number of nitrogens with one attached hydrogen (secondary N) is 1. The molecule has 1 atom stereocenters. The highest BCUT2D eigenvalue weighted by molar-refractivity contribution is 5.58. The fourth-order valence-corrected chi connectivity index (χ4v) is 1.88. The smallest absolute Gasteiger partial charge is 0.133 e. The van der Waals surface area contributed by atoms with Gasteiger partial charge in [0.2, 0.25) is 0 Å². The van der Waals surface area contributed by atoms with E-state index in [0.717, 1.165) is 24.3 Å². The van der Waals surface area contributed by atoms with E-state index in [1.807, 2.05) is 12.1 Å². The first-order valence-corrected chi connectivity index (χ1v) is 6.18. The minimum absolute atomic E-state index is 0.380. The van der Waals surface area contributed by atoms with Crippen molar-refractivity contribution < 1.29 is 4.42 Å². The van der Waals surface area contributed by atoms with Crippen molar-refractivity contribution in [3.05, 3.63) is 48.2 Å². The van der Waals surface area contributed by atoms with Gasteiger partial charge < -0.3 is 9.73 Å². The Hall–Kier alpha value is -1.54. The number of rotatable bonds is 5. The van der Waals surface area contributed by atoms with E-state index < -0.39 is 0 Å². The molecule has 0 bridgehead atoms. The average Bonchev–Trinajstić information content (AvgIpc) is 2.90. The lowest BCUT2D eigenvalue weighted by Gasteiger charge is -2.14. The molecule has 0 spiro atoms. The van der Waals surface area contributed by atoms with Gasteiger partial charge in [-0.25, -0.2) is 0 Å². The molecular weight excluding hydrogens is 210 g/mol. The molecule has 1 heterocycles. The second-order valence-electron chi connectivity index (χ2n) is 4.28. The lowest BCUT2D eigenvalue weighted by Crippen LogP contribution is -2.19. The number of furan rings is 1. The molecule has 2 nitrogen and oxygen atoms in total. The first kappa shape index (κ1) is 11.9. The Morgan fingerprint density at radius 1 is 1.24 bits per heavy atom. The van der Waals surface area contributed by atoms with Crippen LogP contribution in [0, 0.1) is 0 Å². The molecule has 90 valence electrons. The van der Waals surface area contributed by atoms with Crippen LogP contribution in [0.4, 0.5) is 0 Å². The van der Waals surface area contributed by atoms with Crippen LogP contribution < -0.4 is 5.32 Å². The van der Waals surface area contributed by atoms with Gasteiger partial charge in [0.25, 0.3) is 0 Å². The molecule has 2 heteroatoms. The van der Waals surface area contributed by atoms with Gasteiger partial charge in [0, 0.05) is 11.6 Å². The molecule has 0 saturated carbocycles. The van der Waals surface area contributed by atoms with Crippen molar-refractivity contribution in [1.82, 2.24) is 5.32 Å². The van der Waals surface area contributed by atoms with E-state index >= 15 is 0 Å². The summed E-state index contributed by atoms with van der Waals surface area (Å²) < 4.78 is 5.42. The second-order valence-corrected chi connectivity index (χ2v) is 4.28. The maximum atomic E-state index is 5.42. The number of hydrogen-bond acceptors (Lipinski definition) is 2. The molecule has 0 saturated heterocycles. The van der Waals surface area contributed by atoms with Crippen molar-refractivity contribution >= 4 is 0 Å². The van der Waals surface area contributed by atoms with Gasteiger partial charge in [-0.3, -0.25) is 0 Å². The van der Waals surface area contributed by atoms with Crippen LogP contribution in [-0.4, -0.2) is 6.54 Å². The molecule has 1 aromatic heterocycles. The maximum Gasteiger partial charge on any atom is 0.133 e. The zero-order valence-corrected chi connectivity index (χ0v) is 10.4. The van der Waals surface area contributed by atoms with E-state index in [0.29, 0.717) is 6.04 Å². The van der Waals surface area contributed by atoms with Gasteiger partial charge in [0.1, 0.15) is 5.76 Å². The largest absolute Gasteiger partial charge is 0.464 e. The summed E-state index contributed by atoms with van der Waals surface area (Å²) in [5.41, 5.74) is 2.44. The number of hydrogen-bond donors (Lipinski definition) is 1. The van der Waals surface area contributed by atoms with Crippen molar-refractivity contribution in [2.24, 2.45) is 0 Å². The van der Waals surface area contributed by atoms with Crippen LogP contribution in [0.1, 0.15) is 31.9 Å². The zero-order chi connectivity index (χ0) is 12.1. The van der Waals surface area contributed by atoms with Crippen molar-refractivity contribution in [3.63, 3.8) is 0 Å². The normalized spacial score (nSPS) is 12.6. The lowest BCUT2D eigenvalue weighted by molar-refractivity contribution is 0.569. The monoisotopic (exact) mass is 229 g/mol. The fourth-order valence-electron chi connectivity index (χ4n) is 1.88. The third-order valence-electron chi connectivity index (χ3n) is 2.89. The van der Waals surface area contributed by atoms with Crippen LogP contribution in [0.15, 0.2) is 47.1 Å². The van der Waals surface area contributed by atoms with E-state index in [1.165, 1.54) is 5.56 Å². The molecular formula is C15H19NO. The molecule has 0 aliphatic carbocycles. The van der Waals surface area contributed by atoms with Crippen LogP contribution >= 0.6 is 0 Å². The molecule has 2 rings (SSSR count). The highest BCUT2D eigenvalue weighted by atomic mass is 16.3. The topological polar surface area (TPSA) is 25.2 Å². The van der Waals surface area contributed by atoms with Crippen LogP contribution in [0.2, 0.25) is 0 Å². The summed E-state index contributed by atoms with van der Waals surface area (Å²) in [6, 6.07) is 12.8. The van der Waals surface area contributed by atoms with Crippen molar-refractivity contribution in [1.29, 1.82) is 0 Å². The summed E-state index contributed by atoms with van der Waals surface area (Å²) in [6.07, 6.45) is 2.86. The van der Waals surface area contributed by atoms with Gasteiger partial charge in [0.05, 0.1) is 6.26 Å². The third kappa shape index (κ3) is 2.98. The lowest BCUT2D eigenvalue weighted by atomic mass is 10.0. The molecule has 0 aliphatic heterocycles. The molecule has 0 amide bonds. The standard InChI is InChI=1S/C15H19NO/c1-3-9-16-12(2)13-6-4-7-14(11-13)15-8-5-10-17-15/h4-8,10-12,16H,3,9H2,1-2H3. The van der Waals surface area contributed by atoms with Crippen LogP contribution in [-0.2, 0) is 0 Å². The van der Waals surface area contributed by atoms with E-state index in [-0.39, 0.29) is 0 Å². The van der Waals surface area contributed by atoms with Gasteiger partial charge in [0.15, 0.2) is 0 Å². The highest BCUT2D eigenvalue weighted by Crippen LogP contribution is 2.23. The first-order valence-electron chi connectivity index (χ1n) is 6.18. The summed E-state index contributed by atoms with van der Waals surface area (Å²) in [4.78, 5) is 0. The molecule has 0 fully saturated rings. The van der Waals surface area contributed by atoms with Crippen LogP contribution in [0.5, 0.6) is 0 Å². The van der Waals surface area contributed by atoms with Gasteiger partial charge >= 0.3 is 0 Å². The molecule has 2 aromatic rings. The maximum absolute atomic E-state index is 5.42. The van der Waals surface area contributed by atoms with Gasteiger partial charge in [-0.15, -0.1) is 0 Å². The van der Waals surface area contributed by atoms with E-state index in [2.05, 4.69) is 43.4 Å². The molecule has 17 heavy (non-hydrogen) atoms. The van der Waals surface area contributed by atoms with Crippen molar-refractivity contribution in [2.75, 3.05) is 6.54 Å². The quantitative estimate of drug-likeness (QED) is 0.838. The number of benzene rings is 1. The predicted molar refractivity (Wildman–Crippen MR) is 70.9 cm³/mol. The zero-order valence-electron chi connectivity index (χ0n) is 10.4. The minimum Gasteiger partial charge on any atom is -0.464 e. The van der Waals surface area contributed by atoms with E-state index in [9.17, 15) is 0 Å². The third-order valence-corrected chi connectivity index (χ3v) is 2.89. The van der Waals surface area contributed by atoms with E-state index in [4.69, 9.17) is 4.42 Å². The molecule has 0 radical (unpaired) electrons. The van der Waals surface area contributed by atoms with Crippen molar-refractivity contribution in [2.45, 2.75) is 26.3 Å². The Morgan fingerprint density at radius 3 is 2.82 bits per heavy atom.